The third kappa shape index (κ3) is 11.0. The number of halogens is 2. The molecule has 4 aromatic rings. The number of nitrogens with one attached hydrogen (secondary N) is 3. The van der Waals surface area contributed by atoms with Gasteiger partial charge < -0.3 is 33.6 Å². The molecule has 2 unspecified atom stereocenters. The Kier molecular flexibility index (Phi) is 17.3. The number of aryl methyl sites for hydroxylation is 1. The van der Waals surface area contributed by atoms with Crippen molar-refractivity contribution in [2.45, 2.75) is 82.7 Å². The summed E-state index contributed by atoms with van der Waals surface area (Å²) in [6.07, 6.45) is 7.35. The van der Waals surface area contributed by atoms with Gasteiger partial charge in [0.05, 0.1) is 16.7 Å². The molecule has 1 saturated carbocycles. The molecule has 332 valence electrons. The minimum absolute atomic E-state index is 0. The summed E-state index contributed by atoms with van der Waals surface area (Å²) in [6, 6.07) is 22.2. The standard InChI is InChI=1S/C29H28F2N3.C18H25N4OS.C2H6.CH3.W/c1-18-8-11-26(34-27(18)22-7-5-6-21(14-22)19(2)32-4)33-20(3)28(12-13-28)25-10-9-23-16-29(30,31)17-24(23)15-25;1-13(5-4-10-20(2)3)22-14-11-16(22)18(23)21(12-14)17-7-6-15(24-17)8-9-19;1-2;;/h5-11,14-15,32H,2-4,12-13,16-17H2,1H3,(H,33,34);4-7,14,16,19H,1,8-12H2,2-3H3;1-2H3;1H3;/q2*-1;;-1;/b;5-4+;;;. The quantitative estimate of drug-likeness (QED) is 0.0967. The molecule has 2 bridgehead atoms. The van der Waals surface area contributed by atoms with Gasteiger partial charge in [-0.2, -0.15) is 0 Å². The first-order chi connectivity index (χ1) is 28.7. The molecule has 62 heavy (non-hydrogen) atoms. The average molecular weight is 1030 g/mol. The summed E-state index contributed by atoms with van der Waals surface area (Å²) >= 11 is 1.64. The number of piperidine rings is 1. The van der Waals surface area contributed by atoms with Crippen LogP contribution in [0.3, 0.4) is 0 Å². The van der Waals surface area contributed by atoms with Gasteiger partial charge in [-0.1, -0.05) is 82.1 Å². The maximum atomic E-state index is 13.9. The first-order valence-corrected chi connectivity index (χ1v) is 21.6. The average Bonchev–Trinajstić information content (AvgIpc) is 3.80. The van der Waals surface area contributed by atoms with Crippen LogP contribution in [0.2, 0.25) is 0 Å². The molecule has 2 aromatic carbocycles. The number of piperazine rings is 1. The van der Waals surface area contributed by atoms with E-state index in [0.717, 1.165) is 99.9 Å². The number of hydrogen-bond acceptors (Lipinski definition) is 7. The molecule has 3 saturated heterocycles. The summed E-state index contributed by atoms with van der Waals surface area (Å²) in [5, 5.41) is 7.28. The number of anilines is 2. The number of allylic oxidation sites excluding steroid dienone is 2. The molecule has 3 N–H and O–H groups in total. The van der Waals surface area contributed by atoms with Crippen LogP contribution in [0.25, 0.3) is 22.7 Å². The molecular formula is C50H62F2N7OSW-3. The smallest absolute Gasteiger partial charge is 0.256 e. The Labute approximate surface area is 387 Å². The Morgan fingerprint density at radius 1 is 1.05 bits per heavy atom. The SMILES string of the molecule is C=C(/C=C/CN(C)C)N1C2CC1C(=O)N(c1ccc(CC[NH-])s1)C2.C=C(N[CH2-])c1cccc(-c2nc(NC(=C)C3(c4ccc5c(c4)CC(F)(F)C5)CC3)ccc2C)c1.CC.[CH3-].[W]. The van der Waals surface area contributed by atoms with Crippen molar-refractivity contribution in [1.82, 2.24) is 20.1 Å². The Balaban J connectivity index is 0.000000268. The predicted octanol–water partition coefficient (Wildman–Crippen LogP) is 11.0. The van der Waals surface area contributed by atoms with Gasteiger partial charge in [-0.25, -0.2) is 13.8 Å². The van der Waals surface area contributed by atoms with Gasteiger partial charge in [-0.3, -0.25) is 16.7 Å². The zero-order valence-electron chi connectivity index (χ0n) is 37.1. The van der Waals surface area contributed by atoms with Gasteiger partial charge in [0.25, 0.3) is 5.92 Å². The van der Waals surface area contributed by atoms with Crippen molar-refractivity contribution < 1.29 is 34.6 Å². The Morgan fingerprint density at radius 3 is 2.44 bits per heavy atom. The van der Waals surface area contributed by atoms with Crippen LogP contribution in [0, 0.1) is 21.4 Å². The van der Waals surface area contributed by atoms with Crippen molar-refractivity contribution in [3.05, 3.63) is 163 Å². The number of benzene rings is 2. The van der Waals surface area contributed by atoms with E-state index in [1.165, 1.54) is 4.88 Å². The summed E-state index contributed by atoms with van der Waals surface area (Å²) in [5.74, 6) is -1.74. The van der Waals surface area contributed by atoms with Gasteiger partial charge in [0.15, 0.2) is 0 Å². The molecular weight excluding hydrogens is 969 g/mol. The summed E-state index contributed by atoms with van der Waals surface area (Å²) in [7, 11) is 7.75. The van der Waals surface area contributed by atoms with E-state index in [2.05, 4.69) is 53.3 Å². The van der Waals surface area contributed by atoms with Crippen LogP contribution >= 0.6 is 11.3 Å². The molecule has 5 aliphatic rings. The van der Waals surface area contributed by atoms with Gasteiger partial charge in [0.2, 0.25) is 5.91 Å². The summed E-state index contributed by atoms with van der Waals surface area (Å²) < 4.78 is 27.8. The molecule has 8 nitrogen and oxygen atoms in total. The zero-order chi connectivity index (χ0) is 43.4. The molecule has 2 atom stereocenters. The van der Waals surface area contributed by atoms with Gasteiger partial charge in [0, 0.05) is 79.9 Å². The van der Waals surface area contributed by atoms with Crippen LogP contribution in [0.4, 0.5) is 19.6 Å². The second-order valence-corrected chi connectivity index (χ2v) is 17.3. The number of nitrogens with zero attached hydrogens (tertiary/aromatic N) is 4. The van der Waals surface area contributed by atoms with E-state index < -0.39 is 5.92 Å². The molecule has 1 amide bonds. The summed E-state index contributed by atoms with van der Waals surface area (Å²) in [6.45, 7) is 20.5. The molecule has 12 heteroatoms. The monoisotopic (exact) mass is 1030 g/mol. The van der Waals surface area contributed by atoms with Crippen molar-refractivity contribution in [3.8, 4) is 11.3 Å². The predicted molar refractivity (Wildman–Crippen MR) is 253 cm³/mol. The van der Waals surface area contributed by atoms with E-state index in [4.69, 9.17) is 10.7 Å². The van der Waals surface area contributed by atoms with Crippen LogP contribution in [0.1, 0.15) is 65.8 Å². The van der Waals surface area contributed by atoms with Gasteiger partial charge in [0.1, 0.15) is 11.9 Å². The molecule has 2 aliphatic carbocycles. The van der Waals surface area contributed by atoms with Crippen molar-refractivity contribution in [3.63, 3.8) is 0 Å². The van der Waals surface area contributed by atoms with Crippen LogP contribution in [-0.4, -0.2) is 72.4 Å². The number of thiophene rings is 1. The minimum atomic E-state index is -2.64. The number of rotatable bonds is 14. The normalized spacial score (nSPS) is 18.5. The van der Waals surface area contributed by atoms with Crippen molar-refractivity contribution in [2.24, 2.45) is 0 Å². The largest absolute Gasteiger partial charge is 0.677 e. The molecule has 0 spiro atoms. The van der Waals surface area contributed by atoms with Crippen LogP contribution in [0.15, 0.2) is 110 Å². The third-order valence-electron chi connectivity index (χ3n) is 11.6. The fourth-order valence-electron chi connectivity index (χ4n) is 8.24. The second-order valence-electron chi connectivity index (χ2n) is 16.1. The van der Waals surface area contributed by atoms with Crippen LogP contribution in [-0.2, 0) is 50.5 Å². The number of aromatic nitrogens is 1. The minimum Gasteiger partial charge on any atom is -0.677 e. The number of amides is 1. The Bertz CT molecular complexity index is 2260. The summed E-state index contributed by atoms with van der Waals surface area (Å²) in [5.41, 5.74) is 16.1. The van der Waals surface area contributed by atoms with E-state index in [1.54, 1.807) is 11.3 Å². The number of likely N-dealkylation sites (N-methyl/N-ethyl adjacent to an activating group) is 1. The number of pyridine rings is 1. The zero-order valence-corrected chi connectivity index (χ0v) is 40.9. The Morgan fingerprint density at radius 2 is 1.77 bits per heavy atom. The first kappa shape index (κ1) is 50.2. The molecule has 2 aromatic heterocycles. The van der Waals surface area contributed by atoms with Crippen molar-refractivity contribution in [2.75, 3.05) is 43.9 Å². The van der Waals surface area contributed by atoms with Crippen LogP contribution < -0.4 is 15.5 Å². The number of hydrogen-bond donors (Lipinski definition) is 2. The van der Waals surface area contributed by atoms with Gasteiger partial charge in [-0.15, -0.1) is 17.9 Å². The number of carbonyl (C=O) groups excluding carboxylic acids is 1. The molecule has 5 heterocycles. The second kappa shape index (κ2) is 21.3. The van der Waals surface area contributed by atoms with E-state index in [1.807, 2.05) is 113 Å². The molecule has 9 rings (SSSR count). The van der Waals surface area contributed by atoms with Gasteiger partial charge >= 0.3 is 0 Å². The molecule has 3 aliphatic heterocycles. The fourth-order valence-corrected chi connectivity index (χ4v) is 9.26. The molecule has 0 radical (unpaired) electrons. The van der Waals surface area contributed by atoms with Crippen molar-refractivity contribution >= 4 is 33.8 Å². The van der Waals surface area contributed by atoms with Gasteiger partial charge in [-0.05, 0) is 105 Å². The van der Waals surface area contributed by atoms with E-state index in [9.17, 15) is 13.6 Å². The number of fused-ring (bicyclic) bond motifs is 3. The maximum absolute atomic E-state index is 13.9. The topological polar surface area (TPSA) is 87.5 Å². The third-order valence-corrected chi connectivity index (χ3v) is 12.8. The Hall–Kier alpha value is -4.41. The number of carbonyl (C=O) groups is 1. The van der Waals surface area contributed by atoms with Crippen LogP contribution in [0.5, 0.6) is 0 Å². The van der Waals surface area contributed by atoms with E-state index in [-0.39, 0.29) is 58.7 Å². The van der Waals surface area contributed by atoms with E-state index in [0.29, 0.717) is 18.4 Å². The van der Waals surface area contributed by atoms with Crippen molar-refractivity contribution in [1.29, 1.82) is 0 Å². The fraction of sp³-hybridized carbons (Fsp3) is 0.360. The maximum Gasteiger partial charge on any atom is 0.256 e. The molecule has 4 fully saturated rings. The number of alkyl halides is 2. The van der Waals surface area contributed by atoms with E-state index >= 15 is 0 Å². The first-order valence-electron chi connectivity index (χ1n) is 20.8. The summed E-state index contributed by atoms with van der Waals surface area (Å²) in [4.78, 5) is 25.1.